The average molecular weight is 465 g/mol. The maximum absolute atomic E-state index is 6.26. The number of halogens is 2. The molecule has 10 heteroatoms. The molecule has 0 aliphatic carbocycles. The van der Waals surface area contributed by atoms with E-state index in [1.165, 1.54) is 0 Å². The number of nitrogens with zero attached hydrogens (tertiary/aromatic N) is 6. The summed E-state index contributed by atoms with van der Waals surface area (Å²) in [4.78, 5) is 4.66. The molecule has 1 aromatic carbocycles. The van der Waals surface area contributed by atoms with E-state index in [0.717, 1.165) is 37.6 Å². The Morgan fingerprint density at radius 3 is 2.67 bits per heavy atom. The number of piperazine rings is 1. The zero-order valence-electron chi connectivity index (χ0n) is 16.8. The average Bonchev–Trinajstić information content (AvgIpc) is 3.27. The number of benzene rings is 1. The van der Waals surface area contributed by atoms with Crippen LogP contribution in [0.15, 0.2) is 39.9 Å². The van der Waals surface area contributed by atoms with Crippen LogP contribution in [0.5, 0.6) is 0 Å². The molecule has 0 N–H and O–H groups in total. The van der Waals surface area contributed by atoms with Crippen molar-refractivity contribution >= 4 is 41.6 Å². The van der Waals surface area contributed by atoms with Crippen LogP contribution in [0.25, 0.3) is 11.3 Å². The van der Waals surface area contributed by atoms with E-state index in [1.807, 2.05) is 29.8 Å². The minimum absolute atomic E-state index is 0.531. The molecule has 1 saturated heterocycles. The van der Waals surface area contributed by atoms with Gasteiger partial charge in [-0.2, -0.15) is 14.9 Å². The van der Waals surface area contributed by atoms with Gasteiger partial charge in [0, 0.05) is 36.8 Å². The highest BCUT2D eigenvalue weighted by Crippen LogP contribution is 2.31. The molecule has 1 aliphatic heterocycles. The van der Waals surface area contributed by atoms with E-state index in [9.17, 15) is 0 Å². The van der Waals surface area contributed by atoms with Gasteiger partial charge in [0.2, 0.25) is 4.77 Å². The summed E-state index contributed by atoms with van der Waals surface area (Å²) in [6.45, 7) is 6.63. The third kappa shape index (κ3) is 4.68. The molecule has 0 saturated carbocycles. The lowest BCUT2D eigenvalue weighted by Crippen LogP contribution is -2.45. The second-order valence-corrected chi connectivity index (χ2v) is 8.48. The second-order valence-electron chi connectivity index (χ2n) is 7.27. The third-order valence-electron chi connectivity index (χ3n) is 5.03. The molecular formula is C20H22Cl2N6OS. The summed E-state index contributed by atoms with van der Waals surface area (Å²) in [6.07, 6.45) is 1.62. The van der Waals surface area contributed by atoms with Crippen LogP contribution in [-0.2, 0) is 6.67 Å². The highest BCUT2D eigenvalue weighted by molar-refractivity contribution is 7.71. The Morgan fingerprint density at radius 1 is 1.17 bits per heavy atom. The molecule has 0 atom stereocenters. The molecular weight excluding hydrogens is 443 g/mol. The highest BCUT2D eigenvalue weighted by atomic mass is 35.5. The number of rotatable bonds is 5. The van der Waals surface area contributed by atoms with Crippen molar-refractivity contribution in [3.05, 3.63) is 56.7 Å². The first-order chi connectivity index (χ1) is 14.4. The van der Waals surface area contributed by atoms with Crippen molar-refractivity contribution in [3.8, 4) is 11.3 Å². The van der Waals surface area contributed by atoms with Crippen LogP contribution >= 0.6 is 35.4 Å². The van der Waals surface area contributed by atoms with Crippen molar-refractivity contribution in [1.29, 1.82) is 0 Å². The molecule has 3 aromatic rings. The maximum atomic E-state index is 6.26. The number of likely N-dealkylation sites (N-methyl/N-ethyl adjacent to an activating group) is 1. The molecule has 0 radical (unpaired) electrons. The first-order valence-corrected chi connectivity index (χ1v) is 10.7. The Labute approximate surface area is 190 Å². The fraction of sp³-hybridized carbons (Fsp3) is 0.350. The smallest absolute Gasteiger partial charge is 0.220 e. The van der Waals surface area contributed by atoms with E-state index in [2.05, 4.69) is 27.0 Å². The molecule has 7 nitrogen and oxygen atoms in total. The van der Waals surface area contributed by atoms with Gasteiger partial charge in [0.15, 0.2) is 5.82 Å². The fourth-order valence-corrected chi connectivity index (χ4v) is 4.06. The summed E-state index contributed by atoms with van der Waals surface area (Å²) in [5.41, 5.74) is 0.772. The van der Waals surface area contributed by atoms with E-state index in [0.29, 0.717) is 33.0 Å². The summed E-state index contributed by atoms with van der Waals surface area (Å²) < 4.78 is 9.87. The highest BCUT2D eigenvalue weighted by Gasteiger charge is 2.16. The van der Waals surface area contributed by atoms with Gasteiger partial charge in [-0.1, -0.05) is 23.2 Å². The van der Waals surface area contributed by atoms with Crippen LogP contribution < -0.4 is 0 Å². The molecule has 3 heterocycles. The van der Waals surface area contributed by atoms with Gasteiger partial charge >= 0.3 is 0 Å². The quantitative estimate of drug-likeness (QED) is 0.414. The van der Waals surface area contributed by atoms with Crippen LogP contribution in [-0.4, -0.2) is 63.7 Å². The molecule has 0 bridgehead atoms. The Balaban J connectivity index is 1.50. The lowest BCUT2D eigenvalue weighted by atomic mass is 10.2. The molecule has 1 fully saturated rings. The minimum atomic E-state index is 0.531. The van der Waals surface area contributed by atoms with Crippen molar-refractivity contribution in [1.82, 2.24) is 24.3 Å². The number of aromatic nitrogens is 3. The molecule has 4 rings (SSSR count). The van der Waals surface area contributed by atoms with Gasteiger partial charge in [-0.25, -0.2) is 4.68 Å². The van der Waals surface area contributed by atoms with Crippen LogP contribution in [0, 0.1) is 11.7 Å². The molecule has 2 aromatic heterocycles. The lowest BCUT2D eigenvalue weighted by Gasteiger charge is -2.31. The van der Waals surface area contributed by atoms with E-state index < -0.39 is 0 Å². The van der Waals surface area contributed by atoms with Crippen molar-refractivity contribution in [2.45, 2.75) is 13.6 Å². The van der Waals surface area contributed by atoms with Crippen LogP contribution in [0.3, 0.4) is 0 Å². The van der Waals surface area contributed by atoms with Crippen molar-refractivity contribution in [2.75, 3.05) is 33.2 Å². The molecule has 30 heavy (non-hydrogen) atoms. The van der Waals surface area contributed by atoms with Crippen LogP contribution in [0.4, 0.5) is 0 Å². The molecule has 0 spiro atoms. The SMILES string of the molecule is Cc1nn(CN2CCN(C)CC2)c(=S)n1N=Cc1ccc(-c2ccc(Cl)cc2Cl)o1. The van der Waals surface area contributed by atoms with Gasteiger partial charge in [-0.15, -0.1) is 0 Å². The van der Waals surface area contributed by atoms with Gasteiger partial charge in [0.25, 0.3) is 0 Å². The van der Waals surface area contributed by atoms with Gasteiger partial charge in [0.1, 0.15) is 11.5 Å². The Kier molecular flexibility index (Phi) is 6.40. The van der Waals surface area contributed by atoms with E-state index >= 15 is 0 Å². The summed E-state index contributed by atoms with van der Waals surface area (Å²) >= 11 is 17.8. The summed E-state index contributed by atoms with van der Waals surface area (Å²) in [5.74, 6) is 1.95. The lowest BCUT2D eigenvalue weighted by molar-refractivity contribution is 0.118. The summed E-state index contributed by atoms with van der Waals surface area (Å²) in [5, 5.41) is 10.1. The zero-order chi connectivity index (χ0) is 21.3. The van der Waals surface area contributed by atoms with E-state index in [-0.39, 0.29) is 0 Å². The number of furan rings is 1. The largest absolute Gasteiger partial charge is 0.455 e. The van der Waals surface area contributed by atoms with Crippen molar-refractivity contribution in [3.63, 3.8) is 0 Å². The summed E-state index contributed by atoms with van der Waals surface area (Å²) in [7, 11) is 2.14. The standard InChI is InChI=1S/C20H22Cl2N6OS/c1-14-24-27(13-26-9-7-25(2)8-10-26)20(30)28(14)23-12-16-4-6-19(29-16)17-5-3-15(21)11-18(17)22/h3-6,11-12H,7-10,13H2,1-2H3. The second kappa shape index (κ2) is 9.03. The fourth-order valence-electron chi connectivity index (χ4n) is 3.28. The number of aryl methyl sites for hydroxylation is 1. The molecule has 1 aliphatic rings. The summed E-state index contributed by atoms with van der Waals surface area (Å²) in [6, 6.07) is 8.96. The first kappa shape index (κ1) is 21.3. The van der Waals surface area contributed by atoms with Crippen LogP contribution in [0.2, 0.25) is 10.0 Å². The molecule has 0 unspecified atom stereocenters. The first-order valence-electron chi connectivity index (χ1n) is 9.57. The van der Waals surface area contributed by atoms with Gasteiger partial charge < -0.3 is 9.32 Å². The topological polar surface area (TPSA) is 54.7 Å². The monoisotopic (exact) mass is 464 g/mol. The van der Waals surface area contributed by atoms with E-state index in [4.69, 9.17) is 39.8 Å². The minimum Gasteiger partial charge on any atom is -0.455 e. The molecule has 158 valence electrons. The zero-order valence-corrected chi connectivity index (χ0v) is 19.1. The Bertz CT molecular complexity index is 1130. The van der Waals surface area contributed by atoms with Gasteiger partial charge in [-0.3, -0.25) is 4.90 Å². The Hall–Kier alpha value is -1.97. The van der Waals surface area contributed by atoms with Gasteiger partial charge in [0.05, 0.1) is 17.9 Å². The van der Waals surface area contributed by atoms with Crippen molar-refractivity contribution < 1.29 is 4.42 Å². The van der Waals surface area contributed by atoms with Crippen LogP contribution in [0.1, 0.15) is 11.6 Å². The third-order valence-corrected chi connectivity index (χ3v) is 5.96. The predicted octanol–water partition coefficient (Wildman–Crippen LogP) is 4.38. The number of hydrogen-bond donors (Lipinski definition) is 0. The normalized spacial score (nSPS) is 16.0. The van der Waals surface area contributed by atoms with E-state index in [1.54, 1.807) is 23.0 Å². The van der Waals surface area contributed by atoms with Gasteiger partial charge in [-0.05, 0) is 56.5 Å². The number of hydrogen-bond acceptors (Lipinski definition) is 6. The Morgan fingerprint density at radius 2 is 1.93 bits per heavy atom. The molecule has 0 amide bonds. The maximum Gasteiger partial charge on any atom is 0.220 e. The predicted molar refractivity (Wildman–Crippen MR) is 122 cm³/mol. The van der Waals surface area contributed by atoms with Crippen molar-refractivity contribution in [2.24, 2.45) is 5.10 Å².